The minimum absolute atomic E-state index is 0.136. The lowest BCUT2D eigenvalue weighted by Gasteiger charge is -2.11. The Morgan fingerprint density at radius 2 is 2.10 bits per heavy atom. The molecule has 2 heterocycles. The van der Waals surface area contributed by atoms with Gasteiger partial charge in [0.05, 0.1) is 11.1 Å². The summed E-state index contributed by atoms with van der Waals surface area (Å²) in [7, 11) is 0. The lowest BCUT2D eigenvalue weighted by Crippen LogP contribution is -2.31. The molecule has 0 N–H and O–H groups in total. The number of benzene rings is 1. The second-order valence-electron chi connectivity index (χ2n) is 4.68. The SMILES string of the molecule is O=[N+]([O-])c1ccc[n+]2c1N(Cc1ccccc1Cl)CC2. The lowest BCUT2D eigenvalue weighted by molar-refractivity contribution is -0.673. The highest BCUT2D eigenvalue weighted by atomic mass is 35.5. The van der Waals surface area contributed by atoms with Crippen molar-refractivity contribution in [3.05, 3.63) is 63.3 Å². The Morgan fingerprint density at radius 3 is 2.85 bits per heavy atom. The molecule has 0 amide bonds. The van der Waals surface area contributed by atoms with Crippen LogP contribution in [-0.2, 0) is 13.1 Å². The van der Waals surface area contributed by atoms with Crippen LogP contribution in [0.2, 0.25) is 5.02 Å². The van der Waals surface area contributed by atoms with Gasteiger partial charge in [-0.25, -0.2) is 9.47 Å². The first kappa shape index (κ1) is 12.9. The van der Waals surface area contributed by atoms with Crippen LogP contribution in [-0.4, -0.2) is 11.5 Å². The van der Waals surface area contributed by atoms with Crippen molar-refractivity contribution in [1.82, 2.24) is 0 Å². The van der Waals surface area contributed by atoms with Crippen LogP contribution in [0.5, 0.6) is 0 Å². The minimum Gasteiger partial charge on any atom is -0.258 e. The number of nitro groups is 1. The highest BCUT2D eigenvalue weighted by Crippen LogP contribution is 2.29. The number of hydrogen-bond acceptors (Lipinski definition) is 3. The summed E-state index contributed by atoms with van der Waals surface area (Å²) >= 11 is 6.16. The summed E-state index contributed by atoms with van der Waals surface area (Å²) in [5.41, 5.74) is 1.11. The normalized spacial score (nSPS) is 13.3. The molecular formula is C14H13ClN3O2+. The predicted octanol–water partition coefficient (Wildman–Crippen LogP) is 2.56. The molecule has 2 aromatic rings. The van der Waals surface area contributed by atoms with Gasteiger partial charge in [-0.3, -0.25) is 10.1 Å². The summed E-state index contributed by atoms with van der Waals surface area (Å²) in [6.45, 7) is 2.07. The van der Waals surface area contributed by atoms with Crippen LogP contribution < -0.4 is 9.47 Å². The maximum atomic E-state index is 11.2. The fourth-order valence-corrected chi connectivity index (χ4v) is 2.71. The molecule has 5 nitrogen and oxygen atoms in total. The lowest BCUT2D eigenvalue weighted by atomic mass is 10.2. The van der Waals surface area contributed by atoms with Gasteiger partial charge >= 0.3 is 11.5 Å². The Bertz CT molecular complexity index is 675. The zero-order chi connectivity index (χ0) is 14.1. The molecule has 102 valence electrons. The summed E-state index contributed by atoms with van der Waals surface area (Å²) in [5, 5.41) is 11.8. The van der Waals surface area contributed by atoms with Gasteiger partial charge in [-0.2, -0.15) is 0 Å². The van der Waals surface area contributed by atoms with E-state index < -0.39 is 0 Å². The zero-order valence-corrected chi connectivity index (χ0v) is 11.5. The number of rotatable bonds is 3. The van der Waals surface area contributed by atoms with E-state index in [-0.39, 0.29) is 10.6 Å². The van der Waals surface area contributed by atoms with Gasteiger partial charge in [0.25, 0.3) is 0 Å². The molecule has 1 aromatic carbocycles. The van der Waals surface area contributed by atoms with Crippen molar-refractivity contribution in [3.63, 3.8) is 0 Å². The van der Waals surface area contributed by atoms with Crippen molar-refractivity contribution in [1.29, 1.82) is 0 Å². The molecule has 3 rings (SSSR count). The molecule has 0 radical (unpaired) electrons. The minimum atomic E-state index is -0.337. The molecule has 0 aliphatic carbocycles. The van der Waals surface area contributed by atoms with Crippen LogP contribution in [0.4, 0.5) is 11.5 Å². The van der Waals surface area contributed by atoms with Crippen molar-refractivity contribution < 1.29 is 9.49 Å². The van der Waals surface area contributed by atoms with Crippen LogP contribution in [0.25, 0.3) is 0 Å². The van der Waals surface area contributed by atoms with Crippen LogP contribution in [0.1, 0.15) is 5.56 Å². The number of nitrogens with zero attached hydrogens (tertiary/aromatic N) is 3. The van der Waals surface area contributed by atoms with Gasteiger partial charge in [0, 0.05) is 16.7 Å². The summed E-state index contributed by atoms with van der Waals surface area (Å²) in [5.74, 6) is 0.650. The van der Waals surface area contributed by atoms with E-state index in [1.165, 1.54) is 6.07 Å². The van der Waals surface area contributed by atoms with Crippen LogP contribution >= 0.6 is 11.6 Å². The van der Waals surface area contributed by atoms with E-state index in [0.717, 1.165) is 18.7 Å². The van der Waals surface area contributed by atoms with Gasteiger partial charge in [-0.1, -0.05) is 29.8 Å². The summed E-state index contributed by atoms with van der Waals surface area (Å²) < 4.78 is 1.91. The molecule has 1 aromatic heterocycles. The van der Waals surface area contributed by atoms with E-state index in [4.69, 9.17) is 11.6 Å². The quantitative estimate of drug-likeness (QED) is 0.496. The van der Waals surface area contributed by atoms with Crippen LogP contribution in [0, 0.1) is 10.1 Å². The first-order chi connectivity index (χ1) is 9.66. The Morgan fingerprint density at radius 1 is 1.30 bits per heavy atom. The topological polar surface area (TPSA) is 50.3 Å². The molecular weight excluding hydrogens is 278 g/mol. The number of hydrogen-bond donors (Lipinski definition) is 0. The second kappa shape index (κ2) is 5.09. The third-order valence-electron chi connectivity index (χ3n) is 3.45. The number of halogens is 1. The Hall–Kier alpha value is -2.14. The second-order valence-corrected chi connectivity index (χ2v) is 5.09. The molecule has 0 saturated heterocycles. The number of anilines is 1. The molecule has 20 heavy (non-hydrogen) atoms. The van der Waals surface area contributed by atoms with Crippen molar-refractivity contribution in [2.75, 3.05) is 11.4 Å². The van der Waals surface area contributed by atoms with Gasteiger partial charge in [0.15, 0.2) is 0 Å². The Balaban J connectivity index is 1.97. The highest BCUT2D eigenvalue weighted by Gasteiger charge is 2.36. The van der Waals surface area contributed by atoms with E-state index in [1.54, 1.807) is 6.07 Å². The van der Waals surface area contributed by atoms with E-state index in [2.05, 4.69) is 0 Å². The molecule has 0 atom stereocenters. The van der Waals surface area contributed by atoms with Gasteiger partial charge in [0.2, 0.25) is 0 Å². The van der Waals surface area contributed by atoms with Crippen molar-refractivity contribution in [3.8, 4) is 0 Å². The Labute approximate surface area is 121 Å². The van der Waals surface area contributed by atoms with Gasteiger partial charge in [0.1, 0.15) is 19.6 Å². The van der Waals surface area contributed by atoms with Gasteiger partial charge in [-0.15, -0.1) is 0 Å². The largest absolute Gasteiger partial charge is 0.357 e. The fourth-order valence-electron chi connectivity index (χ4n) is 2.52. The van der Waals surface area contributed by atoms with Gasteiger partial charge in [-0.05, 0) is 12.1 Å². The molecule has 0 saturated carbocycles. The summed E-state index contributed by atoms with van der Waals surface area (Å²) in [4.78, 5) is 12.8. The molecule has 0 fully saturated rings. The zero-order valence-electron chi connectivity index (χ0n) is 10.7. The van der Waals surface area contributed by atoms with Crippen molar-refractivity contribution in [2.45, 2.75) is 13.1 Å². The maximum absolute atomic E-state index is 11.2. The van der Waals surface area contributed by atoms with Crippen molar-refractivity contribution >= 4 is 23.1 Å². The van der Waals surface area contributed by atoms with Crippen LogP contribution in [0.15, 0.2) is 42.6 Å². The average Bonchev–Trinajstić information content (AvgIpc) is 2.84. The van der Waals surface area contributed by atoms with E-state index in [0.29, 0.717) is 17.4 Å². The first-order valence-corrected chi connectivity index (χ1v) is 6.70. The van der Waals surface area contributed by atoms with Crippen LogP contribution in [0.3, 0.4) is 0 Å². The third-order valence-corrected chi connectivity index (χ3v) is 3.82. The first-order valence-electron chi connectivity index (χ1n) is 6.32. The average molecular weight is 291 g/mol. The highest BCUT2D eigenvalue weighted by molar-refractivity contribution is 6.31. The molecule has 1 aliphatic heterocycles. The number of aromatic nitrogens is 1. The fraction of sp³-hybridized carbons (Fsp3) is 0.214. The molecule has 0 unspecified atom stereocenters. The Kier molecular flexibility index (Phi) is 3.28. The van der Waals surface area contributed by atoms with E-state index in [9.17, 15) is 10.1 Å². The smallest absolute Gasteiger partial charge is 0.258 e. The third kappa shape index (κ3) is 2.20. The van der Waals surface area contributed by atoms with E-state index >= 15 is 0 Å². The maximum Gasteiger partial charge on any atom is 0.357 e. The predicted molar refractivity (Wildman–Crippen MR) is 75.8 cm³/mol. The summed E-state index contributed by atoms with van der Waals surface area (Å²) in [6.07, 6.45) is 1.87. The monoisotopic (exact) mass is 290 g/mol. The standard InChI is InChI=1S/C14H13ClN3O2/c15-12-5-2-1-4-11(12)10-17-9-8-16-7-3-6-13(14(16)17)18(19)20/h1-7H,8-10H2/q+1. The molecule has 6 heteroatoms. The number of fused-ring (bicyclic) bond motifs is 1. The summed E-state index contributed by atoms with van der Waals surface area (Å²) in [6, 6.07) is 10.8. The number of pyridine rings is 1. The van der Waals surface area contributed by atoms with Gasteiger partial charge < -0.3 is 0 Å². The molecule has 0 bridgehead atoms. The molecule has 1 aliphatic rings. The van der Waals surface area contributed by atoms with Crippen molar-refractivity contribution in [2.24, 2.45) is 0 Å². The van der Waals surface area contributed by atoms with E-state index in [1.807, 2.05) is 39.9 Å². The molecule has 0 spiro atoms.